The average molecular weight is 324 g/mol. The maximum atomic E-state index is 13.5. The molecule has 122 valence electrons. The van der Waals surface area contributed by atoms with Crippen LogP contribution in [-0.4, -0.2) is 10.9 Å². The summed E-state index contributed by atoms with van der Waals surface area (Å²) in [4.78, 5) is 16.6. The lowest BCUT2D eigenvalue weighted by Gasteiger charge is -2.05. The second kappa shape index (κ2) is 6.66. The van der Waals surface area contributed by atoms with Gasteiger partial charge < -0.3 is 9.73 Å². The first-order valence-electron chi connectivity index (χ1n) is 7.60. The predicted octanol–water partition coefficient (Wildman–Crippen LogP) is 4.28. The van der Waals surface area contributed by atoms with Crippen LogP contribution < -0.4 is 5.32 Å². The van der Waals surface area contributed by atoms with Crippen LogP contribution in [-0.2, 0) is 11.2 Å². The van der Waals surface area contributed by atoms with Gasteiger partial charge in [-0.1, -0.05) is 24.3 Å². The molecule has 1 heterocycles. The number of nitrogens with zero attached hydrogens (tertiary/aromatic N) is 1. The van der Waals surface area contributed by atoms with Crippen LogP contribution in [0.15, 0.2) is 52.9 Å². The number of oxazole rings is 1. The molecular formula is C19H17FN2O2. The van der Waals surface area contributed by atoms with Gasteiger partial charge in [-0.25, -0.2) is 9.37 Å². The van der Waals surface area contributed by atoms with Gasteiger partial charge in [-0.15, -0.1) is 0 Å². The monoisotopic (exact) mass is 324 g/mol. The first kappa shape index (κ1) is 15.9. The number of hydrogen-bond acceptors (Lipinski definition) is 3. The van der Waals surface area contributed by atoms with Crippen molar-refractivity contribution in [2.24, 2.45) is 0 Å². The van der Waals surface area contributed by atoms with Crippen molar-refractivity contribution in [2.75, 3.05) is 5.32 Å². The van der Waals surface area contributed by atoms with Crippen molar-refractivity contribution >= 4 is 11.6 Å². The topological polar surface area (TPSA) is 55.1 Å². The van der Waals surface area contributed by atoms with Gasteiger partial charge in [-0.05, 0) is 43.7 Å². The maximum Gasteiger partial charge on any atom is 0.230 e. The van der Waals surface area contributed by atoms with Crippen LogP contribution in [0.1, 0.15) is 17.0 Å². The van der Waals surface area contributed by atoms with E-state index in [1.54, 1.807) is 26.0 Å². The van der Waals surface area contributed by atoms with E-state index in [1.807, 2.05) is 30.3 Å². The molecule has 4 nitrogen and oxygen atoms in total. The SMILES string of the molecule is Cc1ccc(NC(=O)Cc2nc(-c3ccccc3)oc2C)cc1F. The lowest BCUT2D eigenvalue weighted by molar-refractivity contribution is -0.115. The number of anilines is 1. The fraction of sp³-hybridized carbons (Fsp3) is 0.158. The molecule has 1 N–H and O–H groups in total. The largest absolute Gasteiger partial charge is 0.441 e. The standard InChI is InChI=1S/C19H17FN2O2/c1-12-8-9-15(10-16(12)20)21-18(23)11-17-13(2)24-19(22-17)14-6-4-3-5-7-14/h3-10H,11H2,1-2H3,(H,21,23). The number of carbonyl (C=O) groups is 1. The van der Waals surface area contributed by atoms with E-state index in [2.05, 4.69) is 10.3 Å². The Kier molecular flexibility index (Phi) is 4.42. The molecule has 0 bridgehead atoms. The zero-order chi connectivity index (χ0) is 17.1. The van der Waals surface area contributed by atoms with E-state index < -0.39 is 0 Å². The molecule has 1 aromatic heterocycles. The predicted molar refractivity (Wildman–Crippen MR) is 90.1 cm³/mol. The highest BCUT2D eigenvalue weighted by Crippen LogP contribution is 2.22. The van der Waals surface area contributed by atoms with Crippen molar-refractivity contribution in [1.29, 1.82) is 0 Å². The fourth-order valence-corrected chi connectivity index (χ4v) is 2.32. The van der Waals surface area contributed by atoms with Gasteiger partial charge >= 0.3 is 0 Å². The number of benzene rings is 2. The molecule has 3 rings (SSSR count). The van der Waals surface area contributed by atoms with Crippen molar-refractivity contribution in [3.8, 4) is 11.5 Å². The summed E-state index contributed by atoms with van der Waals surface area (Å²) in [7, 11) is 0. The number of hydrogen-bond donors (Lipinski definition) is 1. The Morgan fingerprint density at radius 2 is 1.92 bits per heavy atom. The summed E-state index contributed by atoms with van der Waals surface area (Å²) in [6, 6.07) is 14.1. The van der Waals surface area contributed by atoms with Gasteiger partial charge in [0.2, 0.25) is 11.8 Å². The third-order valence-corrected chi connectivity index (χ3v) is 3.70. The second-order valence-electron chi connectivity index (χ2n) is 5.58. The minimum absolute atomic E-state index is 0.0671. The first-order chi connectivity index (χ1) is 11.5. The van der Waals surface area contributed by atoms with Crippen LogP contribution in [0.5, 0.6) is 0 Å². The summed E-state index contributed by atoms with van der Waals surface area (Å²) in [6.07, 6.45) is 0.0671. The number of carbonyl (C=O) groups excluding carboxylic acids is 1. The summed E-state index contributed by atoms with van der Waals surface area (Å²) < 4.78 is 19.2. The molecule has 2 aromatic carbocycles. The Morgan fingerprint density at radius 3 is 2.62 bits per heavy atom. The van der Waals surface area contributed by atoms with Crippen LogP contribution in [0.25, 0.3) is 11.5 Å². The molecule has 0 fully saturated rings. The van der Waals surface area contributed by atoms with Crippen molar-refractivity contribution < 1.29 is 13.6 Å². The molecule has 5 heteroatoms. The van der Waals surface area contributed by atoms with Crippen molar-refractivity contribution in [2.45, 2.75) is 20.3 Å². The zero-order valence-electron chi connectivity index (χ0n) is 13.5. The number of rotatable bonds is 4. The third kappa shape index (κ3) is 3.51. The molecule has 0 spiro atoms. The van der Waals surface area contributed by atoms with Crippen LogP contribution in [0.3, 0.4) is 0 Å². The van der Waals surface area contributed by atoms with Crippen molar-refractivity contribution in [3.05, 3.63) is 71.4 Å². The smallest absolute Gasteiger partial charge is 0.230 e. The molecule has 0 unspecified atom stereocenters. The Morgan fingerprint density at radius 1 is 1.17 bits per heavy atom. The van der Waals surface area contributed by atoms with Gasteiger partial charge in [0, 0.05) is 11.3 Å². The minimum atomic E-state index is -0.350. The Bertz CT molecular complexity index is 872. The highest BCUT2D eigenvalue weighted by atomic mass is 19.1. The summed E-state index contributed by atoms with van der Waals surface area (Å²) >= 11 is 0. The lowest BCUT2D eigenvalue weighted by Crippen LogP contribution is -2.15. The second-order valence-corrected chi connectivity index (χ2v) is 5.58. The van der Waals surface area contributed by atoms with Gasteiger partial charge in [0.1, 0.15) is 11.6 Å². The fourth-order valence-electron chi connectivity index (χ4n) is 2.32. The van der Waals surface area contributed by atoms with Gasteiger partial charge in [0.25, 0.3) is 0 Å². The van der Waals surface area contributed by atoms with Crippen molar-refractivity contribution in [1.82, 2.24) is 4.98 Å². The molecule has 0 saturated heterocycles. The van der Waals surface area contributed by atoms with Crippen molar-refractivity contribution in [3.63, 3.8) is 0 Å². The molecule has 24 heavy (non-hydrogen) atoms. The van der Waals surface area contributed by atoms with E-state index in [0.717, 1.165) is 5.56 Å². The van der Waals surface area contributed by atoms with E-state index in [0.29, 0.717) is 28.6 Å². The van der Waals surface area contributed by atoms with E-state index in [9.17, 15) is 9.18 Å². The maximum absolute atomic E-state index is 13.5. The highest BCUT2D eigenvalue weighted by Gasteiger charge is 2.15. The Balaban J connectivity index is 1.72. The molecule has 0 aliphatic heterocycles. The highest BCUT2D eigenvalue weighted by molar-refractivity contribution is 5.92. The lowest BCUT2D eigenvalue weighted by atomic mass is 10.2. The minimum Gasteiger partial charge on any atom is -0.441 e. The number of aryl methyl sites for hydroxylation is 2. The zero-order valence-corrected chi connectivity index (χ0v) is 13.5. The number of amides is 1. The molecular weight excluding hydrogens is 307 g/mol. The summed E-state index contributed by atoms with van der Waals surface area (Å²) in [5, 5.41) is 2.67. The van der Waals surface area contributed by atoms with Gasteiger partial charge in [0.05, 0.1) is 12.1 Å². The van der Waals surface area contributed by atoms with E-state index in [4.69, 9.17) is 4.42 Å². The molecule has 0 atom stereocenters. The Labute approximate surface area is 139 Å². The molecule has 0 aliphatic rings. The molecule has 0 aliphatic carbocycles. The number of nitrogens with one attached hydrogen (secondary N) is 1. The molecule has 1 amide bonds. The number of aromatic nitrogens is 1. The van der Waals surface area contributed by atoms with E-state index in [-0.39, 0.29) is 18.1 Å². The number of halogens is 1. The first-order valence-corrected chi connectivity index (χ1v) is 7.60. The van der Waals surface area contributed by atoms with Crippen LogP contribution in [0.4, 0.5) is 10.1 Å². The molecule has 0 radical (unpaired) electrons. The van der Waals surface area contributed by atoms with Crippen LogP contribution in [0.2, 0.25) is 0 Å². The van der Waals surface area contributed by atoms with Crippen LogP contribution in [0, 0.1) is 19.7 Å². The summed E-state index contributed by atoms with van der Waals surface area (Å²) in [5.41, 5.74) is 2.38. The third-order valence-electron chi connectivity index (χ3n) is 3.70. The average Bonchev–Trinajstić information content (AvgIpc) is 2.93. The van der Waals surface area contributed by atoms with Gasteiger partial charge in [0.15, 0.2) is 0 Å². The normalized spacial score (nSPS) is 10.6. The van der Waals surface area contributed by atoms with E-state index >= 15 is 0 Å². The molecule has 0 saturated carbocycles. The molecule has 3 aromatic rings. The summed E-state index contributed by atoms with van der Waals surface area (Å²) in [6.45, 7) is 3.44. The van der Waals surface area contributed by atoms with Gasteiger partial charge in [-0.2, -0.15) is 0 Å². The van der Waals surface area contributed by atoms with Crippen LogP contribution >= 0.6 is 0 Å². The van der Waals surface area contributed by atoms with E-state index in [1.165, 1.54) is 6.07 Å². The quantitative estimate of drug-likeness (QED) is 0.779. The summed E-state index contributed by atoms with van der Waals surface area (Å²) in [5.74, 6) is 0.461. The van der Waals surface area contributed by atoms with Gasteiger partial charge in [-0.3, -0.25) is 4.79 Å². The Hall–Kier alpha value is -2.95.